The SMILES string of the molecule is CNCc1ccccc1CN1CCCC1C1CCCC1. The van der Waals surface area contributed by atoms with E-state index in [1.54, 1.807) is 0 Å². The van der Waals surface area contributed by atoms with Crippen molar-refractivity contribution in [1.29, 1.82) is 0 Å². The highest BCUT2D eigenvalue weighted by atomic mass is 15.2. The van der Waals surface area contributed by atoms with Crippen LogP contribution in [0.4, 0.5) is 0 Å². The maximum Gasteiger partial charge on any atom is 0.0240 e. The fraction of sp³-hybridized carbons (Fsp3) is 0.667. The molecule has 1 heterocycles. The first-order valence-corrected chi connectivity index (χ1v) is 8.34. The van der Waals surface area contributed by atoms with E-state index in [1.807, 2.05) is 7.05 Å². The van der Waals surface area contributed by atoms with Crippen LogP contribution in [0.1, 0.15) is 49.7 Å². The highest BCUT2D eigenvalue weighted by Gasteiger charge is 2.33. The molecule has 2 aliphatic rings. The van der Waals surface area contributed by atoms with Gasteiger partial charge < -0.3 is 5.32 Å². The van der Waals surface area contributed by atoms with Crippen LogP contribution in [-0.4, -0.2) is 24.5 Å². The molecule has 0 spiro atoms. The molecule has 1 aromatic rings. The van der Waals surface area contributed by atoms with Crippen molar-refractivity contribution < 1.29 is 0 Å². The number of nitrogens with zero attached hydrogens (tertiary/aromatic N) is 1. The Labute approximate surface area is 123 Å². The fourth-order valence-corrected chi connectivity index (χ4v) is 4.22. The van der Waals surface area contributed by atoms with E-state index >= 15 is 0 Å². The van der Waals surface area contributed by atoms with Gasteiger partial charge in [-0.2, -0.15) is 0 Å². The second-order valence-corrected chi connectivity index (χ2v) is 6.52. The van der Waals surface area contributed by atoms with E-state index in [-0.39, 0.29) is 0 Å². The predicted molar refractivity (Wildman–Crippen MR) is 84.6 cm³/mol. The zero-order valence-electron chi connectivity index (χ0n) is 12.8. The molecule has 20 heavy (non-hydrogen) atoms. The number of benzene rings is 1. The first kappa shape index (κ1) is 14.1. The summed E-state index contributed by atoms with van der Waals surface area (Å²) in [5, 5.41) is 3.30. The Balaban J connectivity index is 1.69. The van der Waals surface area contributed by atoms with Crippen LogP contribution < -0.4 is 5.32 Å². The predicted octanol–water partition coefficient (Wildman–Crippen LogP) is 3.56. The van der Waals surface area contributed by atoms with Crippen LogP contribution >= 0.6 is 0 Å². The molecule has 1 atom stereocenters. The lowest BCUT2D eigenvalue weighted by atomic mass is 9.95. The van der Waals surface area contributed by atoms with Gasteiger partial charge in [0.1, 0.15) is 0 Å². The summed E-state index contributed by atoms with van der Waals surface area (Å²) in [6.07, 6.45) is 8.70. The molecule has 2 fully saturated rings. The van der Waals surface area contributed by atoms with E-state index in [4.69, 9.17) is 0 Å². The molecule has 0 amide bonds. The van der Waals surface area contributed by atoms with Gasteiger partial charge in [0.15, 0.2) is 0 Å². The van der Waals surface area contributed by atoms with Gasteiger partial charge in [-0.15, -0.1) is 0 Å². The second-order valence-electron chi connectivity index (χ2n) is 6.52. The van der Waals surface area contributed by atoms with Crippen molar-refractivity contribution in [3.05, 3.63) is 35.4 Å². The Kier molecular flexibility index (Phi) is 4.74. The molecule has 1 saturated carbocycles. The molecule has 0 aromatic heterocycles. The van der Waals surface area contributed by atoms with Crippen LogP contribution in [0.5, 0.6) is 0 Å². The van der Waals surface area contributed by atoms with Crippen molar-refractivity contribution >= 4 is 0 Å². The summed E-state index contributed by atoms with van der Waals surface area (Å²) in [7, 11) is 2.04. The van der Waals surface area contributed by atoms with E-state index in [1.165, 1.54) is 56.2 Å². The number of likely N-dealkylation sites (tertiary alicyclic amines) is 1. The van der Waals surface area contributed by atoms with Gasteiger partial charge in [-0.1, -0.05) is 37.1 Å². The smallest absolute Gasteiger partial charge is 0.0240 e. The summed E-state index contributed by atoms with van der Waals surface area (Å²) in [5.74, 6) is 0.981. The van der Waals surface area contributed by atoms with E-state index in [0.29, 0.717) is 0 Å². The molecule has 0 radical (unpaired) electrons. The number of hydrogen-bond donors (Lipinski definition) is 1. The zero-order valence-corrected chi connectivity index (χ0v) is 12.8. The first-order valence-electron chi connectivity index (χ1n) is 8.34. The standard InChI is InChI=1S/C18H28N2/c1-19-13-16-9-4-5-10-17(16)14-20-12-6-11-18(20)15-7-2-3-8-15/h4-5,9-10,15,18-19H,2-3,6-8,11-14H2,1H3. The fourth-order valence-electron chi connectivity index (χ4n) is 4.22. The maximum atomic E-state index is 3.30. The van der Waals surface area contributed by atoms with E-state index in [0.717, 1.165) is 25.0 Å². The largest absolute Gasteiger partial charge is 0.316 e. The lowest BCUT2D eigenvalue weighted by Crippen LogP contribution is -2.34. The van der Waals surface area contributed by atoms with Crippen molar-refractivity contribution in [2.24, 2.45) is 5.92 Å². The minimum Gasteiger partial charge on any atom is -0.316 e. The third-order valence-electron chi connectivity index (χ3n) is 5.22. The Hall–Kier alpha value is -0.860. The van der Waals surface area contributed by atoms with Crippen LogP contribution in [0.25, 0.3) is 0 Å². The van der Waals surface area contributed by atoms with Crippen molar-refractivity contribution in [2.75, 3.05) is 13.6 Å². The van der Waals surface area contributed by atoms with Crippen LogP contribution in [0.3, 0.4) is 0 Å². The van der Waals surface area contributed by atoms with Crippen molar-refractivity contribution in [2.45, 2.75) is 57.7 Å². The summed E-state index contributed by atoms with van der Waals surface area (Å²) in [6, 6.07) is 9.80. The third kappa shape index (κ3) is 3.07. The topological polar surface area (TPSA) is 15.3 Å². The summed E-state index contributed by atoms with van der Waals surface area (Å²) in [4.78, 5) is 2.77. The Morgan fingerprint density at radius 3 is 2.55 bits per heavy atom. The van der Waals surface area contributed by atoms with E-state index < -0.39 is 0 Å². The molecule has 1 N–H and O–H groups in total. The normalized spacial score (nSPS) is 24.6. The minimum absolute atomic E-state index is 0.861. The van der Waals surface area contributed by atoms with Crippen molar-refractivity contribution in [1.82, 2.24) is 10.2 Å². The van der Waals surface area contributed by atoms with Gasteiger partial charge in [-0.05, 0) is 56.3 Å². The van der Waals surface area contributed by atoms with Crippen LogP contribution in [0.2, 0.25) is 0 Å². The Bertz CT molecular complexity index is 423. The number of rotatable bonds is 5. The highest BCUT2D eigenvalue weighted by molar-refractivity contribution is 5.27. The highest BCUT2D eigenvalue weighted by Crippen LogP contribution is 2.36. The van der Waals surface area contributed by atoms with Crippen LogP contribution in [0, 0.1) is 5.92 Å². The minimum atomic E-state index is 0.861. The van der Waals surface area contributed by atoms with Crippen molar-refractivity contribution in [3.63, 3.8) is 0 Å². The van der Waals surface area contributed by atoms with E-state index in [9.17, 15) is 0 Å². The summed E-state index contributed by atoms with van der Waals surface area (Å²) < 4.78 is 0. The molecular formula is C18H28N2. The Morgan fingerprint density at radius 2 is 1.80 bits per heavy atom. The van der Waals surface area contributed by atoms with Crippen molar-refractivity contribution in [3.8, 4) is 0 Å². The average molecular weight is 272 g/mol. The van der Waals surface area contributed by atoms with Gasteiger partial charge in [0.2, 0.25) is 0 Å². The average Bonchev–Trinajstić information content (AvgIpc) is 3.11. The second kappa shape index (κ2) is 6.73. The zero-order chi connectivity index (χ0) is 13.8. The van der Waals surface area contributed by atoms with Gasteiger partial charge in [-0.3, -0.25) is 4.90 Å². The Morgan fingerprint density at radius 1 is 1.05 bits per heavy atom. The molecule has 1 aliphatic carbocycles. The van der Waals surface area contributed by atoms with Crippen LogP contribution in [0.15, 0.2) is 24.3 Å². The first-order chi connectivity index (χ1) is 9.88. The molecule has 3 rings (SSSR count). The lowest BCUT2D eigenvalue weighted by Gasteiger charge is -2.30. The van der Waals surface area contributed by atoms with E-state index in [2.05, 4.69) is 34.5 Å². The van der Waals surface area contributed by atoms with Gasteiger partial charge in [0.25, 0.3) is 0 Å². The van der Waals surface area contributed by atoms with Gasteiger partial charge in [-0.25, -0.2) is 0 Å². The number of nitrogens with one attached hydrogen (secondary N) is 1. The molecular weight excluding hydrogens is 244 g/mol. The van der Waals surface area contributed by atoms with Gasteiger partial charge in [0.05, 0.1) is 0 Å². The monoisotopic (exact) mass is 272 g/mol. The maximum absolute atomic E-state index is 3.30. The molecule has 2 nitrogen and oxygen atoms in total. The van der Waals surface area contributed by atoms with Gasteiger partial charge in [0, 0.05) is 19.1 Å². The van der Waals surface area contributed by atoms with Gasteiger partial charge >= 0.3 is 0 Å². The molecule has 1 aromatic carbocycles. The summed E-state index contributed by atoms with van der Waals surface area (Å²) >= 11 is 0. The molecule has 0 bridgehead atoms. The van der Waals surface area contributed by atoms with Crippen LogP contribution in [-0.2, 0) is 13.1 Å². The molecule has 1 unspecified atom stereocenters. The summed E-state index contributed by atoms with van der Waals surface area (Å²) in [6.45, 7) is 3.44. The third-order valence-corrected chi connectivity index (χ3v) is 5.22. The molecule has 1 aliphatic heterocycles. The quantitative estimate of drug-likeness (QED) is 0.881. The summed E-state index contributed by atoms with van der Waals surface area (Å²) in [5.41, 5.74) is 2.99. The lowest BCUT2D eigenvalue weighted by molar-refractivity contribution is 0.182. The molecule has 2 heteroatoms. The number of hydrogen-bond acceptors (Lipinski definition) is 2. The molecule has 1 saturated heterocycles. The molecule has 110 valence electrons.